The lowest BCUT2D eigenvalue weighted by Gasteiger charge is -2.08. The third-order valence-corrected chi connectivity index (χ3v) is 5.61. The molecule has 0 aliphatic carbocycles. The van der Waals surface area contributed by atoms with Gasteiger partial charge >= 0.3 is 0 Å². The summed E-state index contributed by atoms with van der Waals surface area (Å²) < 4.78 is 26.9. The Bertz CT molecular complexity index is 902. The number of ketones is 1. The first-order chi connectivity index (χ1) is 12.5. The molecule has 0 fully saturated rings. The number of hydrogen-bond acceptors (Lipinski definition) is 6. The van der Waals surface area contributed by atoms with Crippen molar-refractivity contribution >= 4 is 34.0 Å². The fourth-order valence-corrected chi connectivity index (χ4v) is 4.16. The van der Waals surface area contributed by atoms with E-state index in [1.807, 2.05) is 30.3 Å². The predicted octanol–water partition coefficient (Wildman–Crippen LogP) is 4.79. The molecule has 1 N–H and O–H groups in total. The van der Waals surface area contributed by atoms with Gasteiger partial charge in [-0.05, 0) is 30.7 Å². The standard InChI is InChI=1S/C18H15F2N3OS2/c1-11(16(24)13-7-8-14(19)15(20)9-13)25-18-23-22-17(26-18)21-10-12-5-3-2-4-6-12/h2-9,11H,10H2,1H3,(H,21,22)/t11-/m1/s1. The highest BCUT2D eigenvalue weighted by Crippen LogP contribution is 2.30. The maximum absolute atomic E-state index is 13.3. The molecule has 26 heavy (non-hydrogen) atoms. The van der Waals surface area contributed by atoms with Gasteiger partial charge < -0.3 is 5.32 Å². The van der Waals surface area contributed by atoms with Gasteiger partial charge in [-0.15, -0.1) is 10.2 Å². The minimum Gasteiger partial charge on any atom is -0.356 e. The number of rotatable bonds is 7. The summed E-state index contributed by atoms with van der Waals surface area (Å²) in [4.78, 5) is 12.4. The van der Waals surface area contributed by atoms with Gasteiger partial charge in [0.25, 0.3) is 0 Å². The van der Waals surface area contributed by atoms with Crippen LogP contribution in [-0.2, 0) is 6.54 Å². The number of benzene rings is 2. The summed E-state index contributed by atoms with van der Waals surface area (Å²) in [7, 11) is 0. The number of carbonyl (C=O) groups excluding carboxylic acids is 1. The van der Waals surface area contributed by atoms with Crippen LogP contribution in [0.2, 0.25) is 0 Å². The zero-order valence-electron chi connectivity index (χ0n) is 13.8. The van der Waals surface area contributed by atoms with Crippen molar-refractivity contribution in [3.8, 4) is 0 Å². The summed E-state index contributed by atoms with van der Waals surface area (Å²) in [6, 6.07) is 13.0. The smallest absolute Gasteiger partial charge is 0.206 e. The Labute approximate surface area is 157 Å². The van der Waals surface area contributed by atoms with Gasteiger partial charge in [0.1, 0.15) is 0 Å². The Morgan fingerprint density at radius 2 is 1.92 bits per heavy atom. The van der Waals surface area contributed by atoms with E-state index in [1.165, 1.54) is 29.2 Å². The van der Waals surface area contributed by atoms with Gasteiger partial charge in [0.15, 0.2) is 21.8 Å². The zero-order valence-corrected chi connectivity index (χ0v) is 15.4. The van der Waals surface area contributed by atoms with Crippen molar-refractivity contribution in [2.24, 2.45) is 0 Å². The molecule has 0 aliphatic rings. The van der Waals surface area contributed by atoms with Crippen LogP contribution >= 0.6 is 23.1 Å². The zero-order chi connectivity index (χ0) is 18.5. The second kappa shape index (κ2) is 8.37. The van der Waals surface area contributed by atoms with Crippen LogP contribution in [0.1, 0.15) is 22.8 Å². The van der Waals surface area contributed by atoms with Crippen molar-refractivity contribution in [2.75, 3.05) is 5.32 Å². The third kappa shape index (κ3) is 4.64. The first-order valence-corrected chi connectivity index (χ1v) is 9.50. The SMILES string of the molecule is C[C@@H](Sc1nnc(NCc2ccccc2)s1)C(=O)c1ccc(F)c(F)c1. The lowest BCUT2D eigenvalue weighted by Crippen LogP contribution is -2.13. The number of hydrogen-bond donors (Lipinski definition) is 1. The molecule has 0 spiro atoms. The van der Waals surface area contributed by atoms with Crippen molar-refractivity contribution in [1.82, 2.24) is 10.2 Å². The van der Waals surface area contributed by atoms with Crippen LogP contribution in [0.4, 0.5) is 13.9 Å². The first kappa shape index (κ1) is 18.5. The van der Waals surface area contributed by atoms with Gasteiger partial charge in [0.05, 0.1) is 5.25 Å². The van der Waals surface area contributed by atoms with E-state index in [0.29, 0.717) is 16.0 Å². The number of Topliss-reactive ketones (excluding diaryl/α,β-unsaturated/α-hetero) is 1. The Hall–Kier alpha value is -2.32. The van der Waals surface area contributed by atoms with Crippen LogP contribution < -0.4 is 5.32 Å². The monoisotopic (exact) mass is 391 g/mol. The third-order valence-electron chi connectivity index (χ3n) is 3.54. The molecular weight excluding hydrogens is 376 g/mol. The molecule has 1 atom stereocenters. The van der Waals surface area contributed by atoms with Crippen LogP contribution in [0.5, 0.6) is 0 Å². The van der Waals surface area contributed by atoms with Gasteiger partial charge in [-0.25, -0.2) is 8.78 Å². The van der Waals surface area contributed by atoms with E-state index in [0.717, 1.165) is 17.7 Å². The molecule has 0 unspecified atom stereocenters. The predicted molar refractivity (Wildman–Crippen MR) is 99.7 cm³/mol. The average molecular weight is 391 g/mol. The van der Waals surface area contributed by atoms with Gasteiger partial charge in [-0.3, -0.25) is 4.79 Å². The van der Waals surface area contributed by atoms with E-state index in [4.69, 9.17) is 0 Å². The number of halogens is 2. The topological polar surface area (TPSA) is 54.9 Å². The molecule has 0 aliphatic heterocycles. The largest absolute Gasteiger partial charge is 0.356 e. The highest BCUT2D eigenvalue weighted by atomic mass is 32.2. The second-order valence-electron chi connectivity index (χ2n) is 5.47. The van der Waals surface area contributed by atoms with Crippen molar-refractivity contribution in [3.05, 3.63) is 71.3 Å². The van der Waals surface area contributed by atoms with Crippen molar-refractivity contribution in [1.29, 1.82) is 0 Å². The normalized spacial score (nSPS) is 12.0. The number of carbonyl (C=O) groups is 1. The fraction of sp³-hybridized carbons (Fsp3) is 0.167. The van der Waals surface area contributed by atoms with E-state index < -0.39 is 16.9 Å². The summed E-state index contributed by atoms with van der Waals surface area (Å²) in [6.45, 7) is 2.33. The molecule has 1 aromatic heterocycles. The minimum absolute atomic E-state index is 0.135. The van der Waals surface area contributed by atoms with Crippen LogP contribution in [0.15, 0.2) is 52.9 Å². The molecule has 0 amide bonds. The first-order valence-electron chi connectivity index (χ1n) is 7.80. The van der Waals surface area contributed by atoms with Gasteiger partial charge in [0, 0.05) is 12.1 Å². The Kier molecular flexibility index (Phi) is 5.95. The quantitative estimate of drug-likeness (QED) is 0.463. The van der Waals surface area contributed by atoms with Crippen LogP contribution in [0.25, 0.3) is 0 Å². The van der Waals surface area contributed by atoms with Crippen LogP contribution in [-0.4, -0.2) is 21.2 Å². The summed E-state index contributed by atoms with van der Waals surface area (Å²) in [5.41, 5.74) is 1.26. The van der Waals surface area contributed by atoms with Crippen LogP contribution in [0.3, 0.4) is 0 Å². The lowest BCUT2D eigenvalue weighted by molar-refractivity contribution is 0.0993. The molecule has 4 nitrogen and oxygen atoms in total. The van der Waals surface area contributed by atoms with Gasteiger partial charge in [-0.1, -0.05) is 53.4 Å². The molecule has 0 bridgehead atoms. The molecule has 0 radical (unpaired) electrons. The molecule has 2 aromatic carbocycles. The number of anilines is 1. The molecule has 1 heterocycles. The number of aromatic nitrogens is 2. The Morgan fingerprint density at radius 3 is 2.65 bits per heavy atom. The molecule has 8 heteroatoms. The van der Waals surface area contributed by atoms with Crippen molar-refractivity contribution < 1.29 is 13.6 Å². The Balaban J connectivity index is 1.59. The average Bonchev–Trinajstić information content (AvgIpc) is 3.10. The van der Waals surface area contributed by atoms with Gasteiger partial charge in [0.2, 0.25) is 5.13 Å². The molecule has 134 valence electrons. The van der Waals surface area contributed by atoms with E-state index in [2.05, 4.69) is 15.5 Å². The second-order valence-corrected chi connectivity index (χ2v) is 8.03. The van der Waals surface area contributed by atoms with Crippen molar-refractivity contribution in [3.63, 3.8) is 0 Å². The van der Waals surface area contributed by atoms with E-state index >= 15 is 0 Å². The minimum atomic E-state index is -1.03. The highest BCUT2D eigenvalue weighted by molar-refractivity contribution is 8.02. The summed E-state index contributed by atoms with van der Waals surface area (Å²) in [5, 5.41) is 11.5. The van der Waals surface area contributed by atoms with Crippen LogP contribution in [0, 0.1) is 11.6 Å². The Morgan fingerprint density at radius 1 is 1.15 bits per heavy atom. The molecular formula is C18H15F2N3OS2. The maximum Gasteiger partial charge on any atom is 0.206 e. The summed E-state index contributed by atoms with van der Waals surface area (Å²) in [6.07, 6.45) is 0. The molecule has 0 saturated heterocycles. The number of nitrogens with zero attached hydrogens (tertiary/aromatic N) is 2. The highest BCUT2D eigenvalue weighted by Gasteiger charge is 2.20. The summed E-state index contributed by atoms with van der Waals surface area (Å²) >= 11 is 2.58. The van der Waals surface area contributed by atoms with E-state index in [-0.39, 0.29) is 11.3 Å². The maximum atomic E-state index is 13.3. The van der Waals surface area contributed by atoms with E-state index in [9.17, 15) is 13.6 Å². The lowest BCUT2D eigenvalue weighted by atomic mass is 10.1. The fourth-order valence-electron chi connectivity index (χ4n) is 2.19. The van der Waals surface area contributed by atoms with E-state index in [1.54, 1.807) is 6.92 Å². The van der Waals surface area contributed by atoms with Gasteiger partial charge in [-0.2, -0.15) is 0 Å². The molecule has 0 saturated carbocycles. The number of nitrogens with one attached hydrogen (secondary N) is 1. The number of thioether (sulfide) groups is 1. The van der Waals surface area contributed by atoms with Crippen molar-refractivity contribution in [2.45, 2.75) is 23.1 Å². The summed E-state index contributed by atoms with van der Waals surface area (Å²) in [5.74, 6) is -2.29. The molecule has 3 rings (SSSR count). The molecule has 3 aromatic rings.